The lowest BCUT2D eigenvalue weighted by atomic mass is 9.86. The van der Waals surface area contributed by atoms with E-state index in [-0.39, 0.29) is 12.1 Å². The Kier molecular flexibility index (Phi) is 3.62. The van der Waals surface area contributed by atoms with Crippen LogP contribution in [0.25, 0.3) is 0 Å². The molecule has 3 saturated heterocycles. The molecule has 0 aromatic carbocycles. The van der Waals surface area contributed by atoms with Gasteiger partial charge in [0.2, 0.25) is 0 Å². The maximum absolute atomic E-state index is 11.5. The number of esters is 1. The van der Waals surface area contributed by atoms with Crippen LogP contribution in [0.3, 0.4) is 0 Å². The zero-order valence-corrected chi connectivity index (χ0v) is 9.58. The van der Waals surface area contributed by atoms with Gasteiger partial charge in [0.05, 0.1) is 0 Å². The van der Waals surface area contributed by atoms with Crippen LogP contribution < -0.4 is 0 Å². The summed E-state index contributed by atoms with van der Waals surface area (Å²) in [5, 5.41) is 0. The molecule has 3 aliphatic rings. The maximum atomic E-state index is 11.5. The Hall–Kier alpha value is -0.570. The molecule has 0 saturated carbocycles. The number of unbranched alkanes of at least 4 members (excludes halogenated alkanes) is 1. The Morgan fingerprint density at radius 1 is 1.40 bits per heavy atom. The third kappa shape index (κ3) is 2.71. The van der Waals surface area contributed by atoms with Gasteiger partial charge in [0.15, 0.2) is 0 Å². The molecule has 3 nitrogen and oxygen atoms in total. The lowest BCUT2D eigenvalue weighted by molar-refractivity contribution is -0.158. The summed E-state index contributed by atoms with van der Waals surface area (Å²) >= 11 is 0. The number of ether oxygens (including phenoxy) is 1. The third-order valence-electron chi connectivity index (χ3n) is 3.61. The van der Waals surface area contributed by atoms with E-state index in [4.69, 9.17) is 4.74 Å². The number of rotatable bonds is 4. The second kappa shape index (κ2) is 4.97. The van der Waals surface area contributed by atoms with Crippen LogP contribution in [0.5, 0.6) is 0 Å². The van der Waals surface area contributed by atoms with Crippen LogP contribution in [0.4, 0.5) is 0 Å². The van der Waals surface area contributed by atoms with Crippen LogP contribution >= 0.6 is 0 Å². The van der Waals surface area contributed by atoms with Crippen molar-refractivity contribution in [1.82, 2.24) is 4.90 Å². The summed E-state index contributed by atoms with van der Waals surface area (Å²) in [4.78, 5) is 13.9. The highest BCUT2D eigenvalue weighted by Gasteiger charge is 2.36. The van der Waals surface area contributed by atoms with E-state index >= 15 is 0 Å². The molecule has 2 bridgehead atoms. The molecule has 0 unspecified atom stereocenters. The molecule has 3 rings (SSSR count). The fraction of sp³-hybridized carbons (Fsp3) is 0.917. The normalized spacial score (nSPS) is 34.1. The number of piperidine rings is 3. The molecule has 3 aliphatic heterocycles. The van der Waals surface area contributed by atoms with Crippen molar-refractivity contribution in [3.8, 4) is 0 Å². The predicted molar refractivity (Wildman–Crippen MR) is 58.6 cm³/mol. The Morgan fingerprint density at radius 2 is 2.13 bits per heavy atom. The van der Waals surface area contributed by atoms with Crippen molar-refractivity contribution < 1.29 is 9.53 Å². The van der Waals surface area contributed by atoms with Gasteiger partial charge in [-0.25, -0.2) is 0 Å². The molecule has 0 aliphatic carbocycles. The molecule has 15 heavy (non-hydrogen) atoms. The highest BCUT2D eigenvalue weighted by atomic mass is 16.5. The molecule has 0 aromatic heterocycles. The first-order chi connectivity index (χ1) is 7.29. The molecule has 1 atom stereocenters. The second-order valence-corrected chi connectivity index (χ2v) is 4.77. The molecule has 3 fully saturated rings. The fourth-order valence-electron chi connectivity index (χ4n) is 2.59. The smallest absolute Gasteiger partial charge is 0.306 e. The molecule has 0 radical (unpaired) electrons. The Labute approximate surface area is 91.8 Å². The SMILES string of the molecule is CCCCC(=O)O[C@H]1CN2CCC1CC2. The molecular weight excluding hydrogens is 190 g/mol. The molecule has 3 heterocycles. The van der Waals surface area contributed by atoms with Gasteiger partial charge in [0.1, 0.15) is 6.10 Å². The van der Waals surface area contributed by atoms with Gasteiger partial charge in [-0.2, -0.15) is 0 Å². The maximum Gasteiger partial charge on any atom is 0.306 e. The van der Waals surface area contributed by atoms with Crippen LogP contribution in [0, 0.1) is 5.92 Å². The summed E-state index contributed by atoms with van der Waals surface area (Å²) in [6, 6.07) is 0. The molecule has 86 valence electrons. The van der Waals surface area contributed by atoms with E-state index in [0.717, 1.165) is 19.4 Å². The Morgan fingerprint density at radius 3 is 2.67 bits per heavy atom. The van der Waals surface area contributed by atoms with Crippen molar-refractivity contribution in [3.63, 3.8) is 0 Å². The van der Waals surface area contributed by atoms with Crippen molar-refractivity contribution in [2.75, 3.05) is 19.6 Å². The summed E-state index contributed by atoms with van der Waals surface area (Å²) in [5.74, 6) is 0.649. The van der Waals surface area contributed by atoms with E-state index in [1.54, 1.807) is 0 Å². The number of nitrogens with zero attached hydrogens (tertiary/aromatic N) is 1. The zero-order chi connectivity index (χ0) is 10.7. The Balaban J connectivity index is 1.77. The quantitative estimate of drug-likeness (QED) is 0.664. The summed E-state index contributed by atoms with van der Waals surface area (Å²) in [7, 11) is 0. The highest BCUT2D eigenvalue weighted by Crippen LogP contribution is 2.29. The van der Waals surface area contributed by atoms with Crippen LogP contribution in [0.1, 0.15) is 39.0 Å². The minimum absolute atomic E-state index is 0.00981. The first kappa shape index (κ1) is 10.9. The summed E-state index contributed by atoms with van der Waals surface area (Å²) in [6.45, 7) is 5.48. The number of fused-ring (bicyclic) bond motifs is 3. The highest BCUT2D eigenvalue weighted by molar-refractivity contribution is 5.69. The standard InChI is InChI=1S/C12H21NO2/c1-2-3-4-12(14)15-11-9-13-7-5-10(11)6-8-13/h10-11H,2-9H2,1H3/t11-/m0/s1. The van der Waals surface area contributed by atoms with Crippen LogP contribution in [-0.2, 0) is 9.53 Å². The minimum Gasteiger partial charge on any atom is -0.461 e. The number of hydrogen-bond acceptors (Lipinski definition) is 3. The van der Waals surface area contributed by atoms with Crippen molar-refractivity contribution in [1.29, 1.82) is 0 Å². The van der Waals surface area contributed by atoms with Gasteiger partial charge < -0.3 is 4.74 Å². The van der Waals surface area contributed by atoms with E-state index in [1.807, 2.05) is 0 Å². The molecular formula is C12H21NO2. The molecule has 0 N–H and O–H groups in total. The van der Waals surface area contributed by atoms with Crippen LogP contribution in [0.15, 0.2) is 0 Å². The molecule has 0 spiro atoms. The largest absolute Gasteiger partial charge is 0.461 e. The lowest BCUT2D eigenvalue weighted by Gasteiger charge is -2.43. The number of hydrogen-bond donors (Lipinski definition) is 0. The average molecular weight is 211 g/mol. The summed E-state index contributed by atoms with van der Waals surface area (Å²) in [6.07, 6.45) is 5.24. The van der Waals surface area contributed by atoms with Crippen LogP contribution in [-0.4, -0.2) is 36.6 Å². The minimum atomic E-state index is 0.00981. The molecule has 0 aromatic rings. The number of carbonyl (C=O) groups excluding carboxylic acids is 1. The van der Waals surface area contributed by atoms with Gasteiger partial charge in [-0.3, -0.25) is 9.69 Å². The predicted octanol–water partition coefficient (Wildman–Crippen LogP) is 1.81. The van der Waals surface area contributed by atoms with Crippen LogP contribution in [0.2, 0.25) is 0 Å². The first-order valence-electron chi connectivity index (χ1n) is 6.21. The van der Waals surface area contributed by atoms with Gasteiger partial charge >= 0.3 is 5.97 Å². The van der Waals surface area contributed by atoms with E-state index in [2.05, 4.69) is 11.8 Å². The molecule has 3 heteroatoms. The monoisotopic (exact) mass is 211 g/mol. The van der Waals surface area contributed by atoms with Crippen molar-refractivity contribution in [2.24, 2.45) is 5.92 Å². The van der Waals surface area contributed by atoms with E-state index in [0.29, 0.717) is 12.3 Å². The first-order valence-corrected chi connectivity index (χ1v) is 6.21. The zero-order valence-electron chi connectivity index (χ0n) is 9.58. The summed E-state index contributed by atoms with van der Waals surface area (Å²) in [5.41, 5.74) is 0. The van der Waals surface area contributed by atoms with Gasteiger partial charge in [-0.15, -0.1) is 0 Å². The van der Waals surface area contributed by atoms with E-state index in [1.165, 1.54) is 25.9 Å². The van der Waals surface area contributed by atoms with E-state index < -0.39 is 0 Å². The van der Waals surface area contributed by atoms with Gasteiger partial charge in [-0.05, 0) is 38.3 Å². The van der Waals surface area contributed by atoms with Gasteiger partial charge in [0, 0.05) is 13.0 Å². The average Bonchev–Trinajstić information content (AvgIpc) is 2.28. The lowest BCUT2D eigenvalue weighted by Crippen LogP contribution is -2.51. The summed E-state index contributed by atoms with van der Waals surface area (Å²) < 4.78 is 5.55. The van der Waals surface area contributed by atoms with E-state index in [9.17, 15) is 4.79 Å². The molecule has 0 amide bonds. The topological polar surface area (TPSA) is 29.5 Å². The Bertz CT molecular complexity index is 222. The fourth-order valence-corrected chi connectivity index (χ4v) is 2.59. The van der Waals surface area contributed by atoms with Gasteiger partial charge in [0.25, 0.3) is 0 Å². The second-order valence-electron chi connectivity index (χ2n) is 4.77. The van der Waals surface area contributed by atoms with Crippen molar-refractivity contribution >= 4 is 5.97 Å². The third-order valence-corrected chi connectivity index (χ3v) is 3.61. The number of carbonyl (C=O) groups is 1. The van der Waals surface area contributed by atoms with Crippen molar-refractivity contribution in [2.45, 2.75) is 45.1 Å². The van der Waals surface area contributed by atoms with Crippen molar-refractivity contribution in [3.05, 3.63) is 0 Å². The van der Waals surface area contributed by atoms with Gasteiger partial charge in [-0.1, -0.05) is 13.3 Å².